The Balaban J connectivity index is 1.47. The Kier molecular flexibility index (Phi) is 5.03. The molecule has 10 heteroatoms. The number of amides is 1. The van der Waals surface area contributed by atoms with Crippen molar-refractivity contribution in [3.63, 3.8) is 0 Å². The van der Waals surface area contributed by atoms with Crippen molar-refractivity contribution in [3.05, 3.63) is 53.1 Å². The van der Waals surface area contributed by atoms with E-state index in [0.717, 1.165) is 34.8 Å². The molecule has 28 heavy (non-hydrogen) atoms. The topological polar surface area (TPSA) is 75.9 Å². The third-order valence-corrected chi connectivity index (χ3v) is 5.27. The average Bonchev–Trinajstić information content (AvgIpc) is 3.41. The van der Waals surface area contributed by atoms with Crippen LogP contribution in [0.2, 0.25) is 0 Å². The highest BCUT2D eigenvalue weighted by atomic mass is 32.1. The van der Waals surface area contributed by atoms with Crippen molar-refractivity contribution in [2.75, 3.05) is 18.4 Å². The number of nitrogens with one attached hydrogen (secondary N) is 1. The van der Waals surface area contributed by atoms with E-state index in [1.807, 2.05) is 24.4 Å². The molecule has 7 nitrogen and oxygen atoms in total. The van der Waals surface area contributed by atoms with E-state index in [9.17, 15) is 13.6 Å². The summed E-state index contributed by atoms with van der Waals surface area (Å²) in [5.41, 5.74) is 2.70. The monoisotopic (exact) mass is 404 g/mol. The van der Waals surface area contributed by atoms with E-state index in [1.54, 1.807) is 11.1 Å². The van der Waals surface area contributed by atoms with Gasteiger partial charge in [-0.15, -0.1) is 11.3 Å². The molecule has 1 fully saturated rings. The Labute approximate surface area is 164 Å². The van der Waals surface area contributed by atoms with E-state index in [-0.39, 0.29) is 17.5 Å². The quantitative estimate of drug-likeness (QED) is 0.700. The van der Waals surface area contributed by atoms with Crippen LogP contribution in [0.4, 0.5) is 19.6 Å². The number of hydrogen-bond acceptors (Lipinski definition) is 6. The zero-order chi connectivity index (χ0) is 19.7. The van der Waals surface area contributed by atoms with Crippen molar-refractivity contribution < 1.29 is 13.6 Å². The van der Waals surface area contributed by atoms with Crippen LogP contribution >= 0.6 is 11.3 Å². The van der Waals surface area contributed by atoms with E-state index in [0.29, 0.717) is 17.8 Å². The van der Waals surface area contributed by atoms with Gasteiger partial charge in [0.05, 0.1) is 0 Å². The number of rotatable bonds is 5. The Bertz CT molecular complexity index is 974. The molecule has 1 saturated heterocycles. The van der Waals surface area contributed by atoms with Crippen molar-refractivity contribution in [2.24, 2.45) is 0 Å². The zero-order valence-corrected chi connectivity index (χ0v) is 15.9. The molecule has 3 aromatic rings. The van der Waals surface area contributed by atoms with Gasteiger partial charge in [-0.05, 0) is 31.5 Å². The number of alkyl halides is 2. The summed E-state index contributed by atoms with van der Waals surface area (Å²) >= 11 is 1.51. The number of nitrogens with zero attached hydrogens (tertiary/aromatic N) is 5. The molecular weight excluding hydrogens is 386 g/mol. The summed E-state index contributed by atoms with van der Waals surface area (Å²) in [6.45, 7) is 0.183. The van der Waals surface area contributed by atoms with E-state index >= 15 is 0 Å². The van der Waals surface area contributed by atoms with Crippen LogP contribution in [0.3, 0.4) is 0 Å². The van der Waals surface area contributed by atoms with Gasteiger partial charge in [0.25, 0.3) is 5.91 Å². The van der Waals surface area contributed by atoms with Gasteiger partial charge in [0.2, 0.25) is 0 Å². The van der Waals surface area contributed by atoms with E-state index in [2.05, 4.69) is 20.4 Å². The molecule has 1 atom stereocenters. The molecule has 1 aliphatic rings. The first kappa shape index (κ1) is 18.5. The Morgan fingerprint density at radius 2 is 2.25 bits per heavy atom. The Morgan fingerprint density at radius 3 is 2.96 bits per heavy atom. The third-order valence-electron chi connectivity index (χ3n) is 4.58. The van der Waals surface area contributed by atoms with Gasteiger partial charge >= 0.3 is 6.55 Å². The van der Waals surface area contributed by atoms with Gasteiger partial charge in [-0.3, -0.25) is 9.78 Å². The van der Waals surface area contributed by atoms with Gasteiger partial charge < -0.3 is 10.2 Å². The molecule has 0 aromatic carbocycles. The van der Waals surface area contributed by atoms with E-state index < -0.39 is 6.55 Å². The second-order valence-corrected chi connectivity index (χ2v) is 7.47. The molecule has 0 radical (unpaired) electrons. The zero-order valence-electron chi connectivity index (χ0n) is 15.0. The maximum Gasteiger partial charge on any atom is 0.333 e. The van der Waals surface area contributed by atoms with Gasteiger partial charge in [-0.2, -0.15) is 13.9 Å². The van der Waals surface area contributed by atoms with Crippen LogP contribution in [0, 0.1) is 6.92 Å². The Hall–Kier alpha value is -2.88. The lowest BCUT2D eigenvalue weighted by Gasteiger charge is -2.16. The summed E-state index contributed by atoms with van der Waals surface area (Å²) in [6.07, 6.45) is 3.61. The number of aryl methyl sites for hydroxylation is 1. The molecule has 1 aliphatic heterocycles. The first-order valence-electron chi connectivity index (χ1n) is 8.77. The summed E-state index contributed by atoms with van der Waals surface area (Å²) in [4.78, 5) is 23.1. The first-order chi connectivity index (χ1) is 13.5. The second kappa shape index (κ2) is 7.63. The molecule has 0 bridgehead atoms. The lowest BCUT2D eigenvalue weighted by molar-refractivity contribution is 0.0553. The largest absolute Gasteiger partial charge is 0.337 e. The SMILES string of the molecule is Cc1cc(Nc2nccs2)cc(C2CCN(C(=O)c3ccn(C(F)F)n3)C2)n1. The number of likely N-dealkylation sites (tertiary alicyclic amines) is 1. The van der Waals surface area contributed by atoms with Crippen molar-refractivity contribution in [3.8, 4) is 0 Å². The van der Waals surface area contributed by atoms with Crippen LogP contribution in [-0.4, -0.2) is 43.6 Å². The van der Waals surface area contributed by atoms with Gasteiger partial charge in [-0.25, -0.2) is 9.67 Å². The lowest BCUT2D eigenvalue weighted by Crippen LogP contribution is -2.29. The van der Waals surface area contributed by atoms with Crippen molar-refractivity contribution in [1.29, 1.82) is 0 Å². The van der Waals surface area contributed by atoms with Crippen LogP contribution in [0.25, 0.3) is 0 Å². The average molecular weight is 404 g/mol. The van der Waals surface area contributed by atoms with Crippen LogP contribution in [-0.2, 0) is 0 Å². The number of hydrogen-bond donors (Lipinski definition) is 1. The summed E-state index contributed by atoms with van der Waals surface area (Å²) in [6, 6.07) is 5.24. The molecule has 0 saturated carbocycles. The summed E-state index contributed by atoms with van der Waals surface area (Å²) < 4.78 is 25.8. The molecule has 1 amide bonds. The fourth-order valence-electron chi connectivity index (χ4n) is 3.29. The minimum atomic E-state index is -2.76. The highest BCUT2D eigenvalue weighted by Crippen LogP contribution is 2.30. The van der Waals surface area contributed by atoms with Gasteiger partial charge in [0.15, 0.2) is 10.8 Å². The van der Waals surface area contributed by atoms with Crippen molar-refractivity contribution in [1.82, 2.24) is 24.6 Å². The number of anilines is 2. The lowest BCUT2D eigenvalue weighted by atomic mass is 10.0. The highest BCUT2D eigenvalue weighted by molar-refractivity contribution is 7.13. The molecule has 0 spiro atoms. The van der Waals surface area contributed by atoms with E-state index in [1.165, 1.54) is 17.4 Å². The summed E-state index contributed by atoms with van der Waals surface area (Å²) in [7, 11) is 0. The molecule has 146 valence electrons. The standard InChI is InChI=1S/C18H18F2N6OS/c1-11-8-13(23-18-21-4-7-28-18)9-15(22-11)12-2-5-25(10-12)16(27)14-3-6-26(24-14)17(19)20/h3-4,6-9,12,17H,2,5,10H2,1H3,(H,21,22,23). The van der Waals surface area contributed by atoms with Crippen LogP contribution in [0.1, 0.15) is 40.8 Å². The van der Waals surface area contributed by atoms with Crippen molar-refractivity contribution >= 4 is 28.1 Å². The molecule has 4 rings (SSSR count). The number of thiazole rings is 1. The number of halogens is 2. The fourth-order valence-corrected chi connectivity index (χ4v) is 3.84. The third kappa shape index (κ3) is 3.86. The molecule has 1 unspecified atom stereocenters. The van der Waals surface area contributed by atoms with E-state index in [4.69, 9.17) is 0 Å². The number of pyridine rings is 1. The molecule has 0 aliphatic carbocycles. The predicted octanol–water partition coefficient (Wildman–Crippen LogP) is 3.81. The van der Waals surface area contributed by atoms with Crippen LogP contribution < -0.4 is 5.32 Å². The molecule has 3 aromatic heterocycles. The second-order valence-electron chi connectivity index (χ2n) is 6.58. The van der Waals surface area contributed by atoms with Gasteiger partial charge in [0.1, 0.15) is 0 Å². The molecule has 1 N–H and O–H groups in total. The van der Waals surface area contributed by atoms with Crippen LogP contribution in [0.15, 0.2) is 36.0 Å². The number of aromatic nitrogens is 4. The highest BCUT2D eigenvalue weighted by Gasteiger charge is 2.30. The number of carbonyl (C=O) groups excluding carboxylic acids is 1. The minimum Gasteiger partial charge on any atom is -0.337 e. The fraction of sp³-hybridized carbons (Fsp3) is 0.333. The van der Waals surface area contributed by atoms with Gasteiger partial charge in [-0.1, -0.05) is 0 Å². The van der Waals surface area contributed by atoms with Gasteiger partial charge in [0, 0.05) is 53.9 Å². The smallest absolute Gasteiger partial charge is 0.333 e. The Morgan fingerprint density at radius 1 is 1.39 bits per heavy atom. The molecule has 4 heterocycles. The minimum absolute atomic E-state index is 0.0317. The van der Waals surface area contributed by atoms with Crippen LogP contribution in [0.5, 0.6) is 0 Å². The molecular formula is C18H18F2N6OS. The normalized spacial score (nSPS) is 16.7. The predicted molar refractivity (Wildman–Crippen MR) is 101 cm³/mol. The maximum atomic E-state index is 12.7. The summed E-state index contributed by atoms with van der Waals surface area (Å²) in [5, 5.41) is 9.63. The first-order valence-corrected chi connectivity index (χ1v) is 9.65. The maximum absolute atomic E-state index is 12.7. The number of carbonyl (C=O) groups is 1. The van der Waals surface area contributed by atoms with Crippen molar-refractivity contribution in [2.45, 2.75) is 25.8 Å². The summed E-state index contributed by atoms with van der Waals surface area (Å²) in [5.74, 6) is -0.256.